The number of hydrogen-bond acceptors (Lipinski definition) is 2. The van der Waals surface area contributed by atoms with E-state index in [9.17, 15) is 9.18 Å². The Bertz CT molecular complexity index is 529. The van der Waals surface area contributed by atoms with E-state index < -0.39 is 0 Å². The Morgan fingerprint density at radius 1 is 1.40 bits per heavy atom. The zero-order valence-electron chi connectivity index (χ0n) is 12.0. The summed E-state index contributed by atoms with van der Waals surface area (Å²) in [4.78, 5) is 11.8. The molecule has 0 aliphatic heterocycles. The number of hydrogen-bond donors (Lipinski definition) is 2. The van der Waals surface area contributed by atoms with Gasteiger partial charge < -0.3 is 10.4 Å². The van der Waals surface area contributed by atoms with Crippen LogP contribution >= 0.6 is 0 Å². The minimum Gasteiger partial charge on any atom is -0.384 e. The predicted octanol–water partition coefficient (Wildman–Crippen LogP) is 2.08. The second kappa shape index (κ2) is 7.66. The predicted molar refractivity (Wildman–Crippen MR) is 76.2 cm³/mol. The van der Waals surface area contributed by atoms with Crippen molar-refractivity contribution in [2.45, 2.75) is 27.3 Å². The number of halogens is 1. The summed E-state index contributed by atoms with van der Waals surface area (Å²) < 4.78 is 13.7. The Hall–Kier alpha value is -1.86. The van der Waals surface area contributed by atoms with E-state index in [-0.39, 0.29) is 36.7 Å². The third-order valence-electron chi connectivity index (χ3n) is 3.22. The van der Waals surface area contributed by atoms with Crippen molar-refractivity contribution in [2.75, 3.05) is 6.61 Å². The average molecular weight is 277 g/mol. The molecule has 0 aromatic heterocycles. The Kier molecular flexibility index (Phi) is 6.20. The van der Waals surface area contributed by atoms with Gasteiger partial charge in [0.05, 0.1) is 0 Å². The molecule has 0 aliphatic rings. The maximum Gasteiger partial charge on any atom is 0.223 e. The van der Waals surface area contributed by atoms with Gasteiger partial charge in [0.1, 0.15) is 12.4 Å². The molecular weight excluding hydrogens is 257 g/mol. The summed E-state index contributed by atoms with van der Waals surface area (Å²) in [5, 5.41) is 11.4. The minimum atomic E-state index is -0.378. The molecule has 1 amide bonds. The number of rotatable bonds is 4. The monoisotopic (exact) mass is 277 g/mol. The van der Waals surface area contributed by atoms with Gasteiger partial charge in [0.25, 0.3) is 0 Å². The van der Waals surface area contributed by atoms with Crippen molar-refractivity contribution in [3.05, 3.63) is 35.1 Å². The van der Waals surface area contributed by atoms with Crippen LogP contribution in [0.5, 0.6) is 0 Å². The molecule has 0 heterocycles. The molecule has 3 nitrogen and oxygen atoms in total. The fourth-order valence-electron chi connectivity index (χ4n) is 1.58. The quantitative estimate of drug-likeness (QED) is 0.828. The molecule has 0 saturated carbocycles. The van der Waals surface area contributed by atoms with Gasteiger partial charge in [0, 0.05) is 23.6 Å². The lowest BCUT2D eigenvalue weighted by Gasteiger charge is -2.15. The number of benzene rings is 1. The van der Waals surface area contributed by atoms with Crippen molar-refractivity contribution in [3.8, 4) is 11.8 Å². The van der Waals surface area contributed by atoms with Crippen LogP contribution in [0.1, 0.15) is 31.9 Å². The highest BCUT2D eigenvalue weighted by Crippen LogP contribution is 2.12. The fraction of sp³-hybridized carbons (Fsp3) is 0.438. The smallest absolute Gasteiger partial charge is 0.223 e. The number of carbonyl (C=O) groups excluding carboxylic acids is 1. The van der Waals surface area contributed by atoms with Crippen molar-refractivity contribution < 1.29 is 14.3 Å². The Morgan fingerprint density at radius 2 is 2.10 bits per heavy atom. The average Bonchev–Trinajstić information content (AvgIpc) is 2.43. The third-order valence-corrected chi connectivity index (χ3v) is 3.22. The molecule has 2 N–H and O–H groups in total. The van der Waals surface area contributed by atoms with Crippen molar-refractivity contribution in [1.82, 2.24) is 5.32 Å². The van der Waals surface area contributed by atoms with Crippen LogP contribution in [0.15, 0.2) is 18.2 Å². The fourth-order valence-corrected chi connectivity index (χ4v) is 1.58. The molecule has 0 fully saturated rings. The van der Waals surface area contributed by atoms with Crippen LogP contribution in [0.4, 0.5) is 4.39 Å². The molecule has 0 spiro atoms. The maximum atomic E-state index is 13.7. The zero-order valence-corrected chi connectivity index (χ0v) is 12.0. The molecule has 0 saturated heterocycles. The highest BCUT2D eigenvalue weighted by Gasteiger charge is 2.16. The highest BCUT2D eigenvalue weighted by molar-refractivity contribution is 5.78. The van der Waals surface area contributed by atoms with Gasteiger partial charge in [-0.05, 0) is 24.1 Å². The van der Waals surface area contributed by atoms with Gasteiger partial charge in [0.2, 0.25) is 5.91 Å². The molecule has 4 heteroatoms. The van der Waals surface area contributed by atoms with E-state index in [0.717, 1.165) is 0 Å². The number of aliphatic hydroxyl groups excluding tert-OH is 1. The topological polar surface area (TPSA) is 49.3 Å². The van der Waals surface area contributed by atoms with E-state index in [1.54, 1.807) is 12.1 Å². The van der Waals surface area contributed by atoms with Crippen LogP contribution in [0, 0.1) is 29.5 Å². The first-order valence-corrected chi connectivity index (χ1v) is 6.61. The van der Waals surface area contributed by atoms with E-state index in [4.69, 9.17) is 5.11 Å². The van der Waals surface area contributed by atoms with Gasteiger partial charge in [-0.1, -0.05) is 32.6 Å². The molecule has 0 radical (unpaired) electrons. The lowest BCUT2D eigenvalue weighted by Crippen LogP contribution is -2.31. The molecule has 108 valence electrons. The Labute approximate surface area is 119 Å². The molecule has 0 bridgehead atoms. The van der Waals surface area contributed by atoms with Crippen LogP contribution in [0.2, 0.25) is 0 Å². The summed E-state index contributed by atoms with van der Waals surface area (Å²) >= 11 is 0. The molecule has 20 heavy (non-hydrogen) atoms. The SMILES string of the molecule is CC(C)C(C)C(=O)NCc1cc(C#CCO)ccc1F. The number of amides is 1. The minimum absolute atomic E-state index is 0.0914. The first kappa shape index (κ1) is 16.2. The first-order chi connectivity index (χ1) is 9.45. The van der Waals surface area contributed by atoms with Gasteiger partial charge >= 0.3 is 0 Å². The largest absolute Gasteiger partial charge is 0.384 e. The van der Waals surface area contributed by atoms with Crippen molar-refractivity contribution in [3.63, 3.8) is 0 Å². The summed E-state index contributed by atoms with van der Waals surface area (Å²) in [6.45, 7) is 5.68. The van der Waals surface area contributed by atoms with Gasteiger partial charge in [0.15, 0.2) is 0 Å². The van der Waals surface area contributed by atoms with E-state index in [2.05, 4.69) is 17.2 Å². The van der Waals surface area contributed by atoms with Crippen molar-refractivity contribution >= 4 is 5.91 Å². The standard InChI is InChI=1S/C16H20FNO2/c1-11(2)12(3)16(20)18-10-14-9-13(5-4-8-19)6-7-15(14)17/h6-7,9,11-12,19H,8,10H2,1-3H3,(H,18,20). The lowest BCUT2D eigenvalue weighted by molar-refractivity contribution is -0.125. The summed E-state index contributed by atoms with van der Waals surface area (Å²) in [6.07, 6.45) is 0. The van der Waals surface area contributed by atoms with Crippen LogP contribution < -0.4 is 5.32 Å². The highest BCUT2D eigenvalue weighted by atomic mass is 19.1. The lowest BCUT2D eigenvalue weighted by atomic mass is 9.97. The van der Waals surface area contributed by atoms with E-state index in [1.165, 1.54) is 6.07 Å². The third kappa shape index (κ3) is 4.67. The Balaban J connectivity index is 2.74. The maximum absolute atomic E-state index is 13.7. The van der Waals surface area contributed by atoms with Crippen LogP contribution in [-0.4, -0.2) is 17.6 Å². The van der Waals surface area contributed by atoms with E-state index >= 15 is 0 Å². The first-order valence-electron chi connectivity index (χ1n) is 6.61. The summed E-state index contributed by atoms with van der Waals surface area (Å²) in [7, 11) is 0. The van der Waals surface area contributed by atoms with Crippen molar-refractivity contribution in [2.24, 2.45) is 11.8 Å². The van der Waals surface area contributed by atoms with Gasteiger partial charge in [-0.2, -0.15) is 0 Å². The number of aliphatic hydroxyl groups is 1. The molecule has 1 atom stereocenters. The van der Waals surface area contributed by atoms with Crippen LogP contribution in [-0.2, 0) is 11.3 Å². The number of carbonyl (C=O) groups is 1. The summed E-state index contributed by atoms with van der Waals surface area (Å²) in [6, 6.07) is 4.44. The van der Waals surface area contributed by atoms with Crippen LogP contribution in [0.3, 0.4) is 0 Å². The van der Waals surface area contributed by atoms with Crippen molar-refractivity contribution in [1.29, 1.82) is 0 Å². The summed E-state index contributed by atoms with van der Waals surface area (Å²) in [5.74, 6) is 4.87. The summed E-state index contributed by atoms with van der Waals surface area (Å²) in [5.41, 5.74) is 1.00. The van der Waals surface area contributed by atoms with Gasteiger partial charge in [-0.3, -0.25) is 4.79 Å². The normalized spacial score (nSPS) is 11.7. The molecule has 1 unspecified atom stereocenters. The van der Waals surface area contributed by atoms with Gasteiger partial charge in [-0.25, -0.2) is 4.39 Å². The molecular formula is C16H20FNO2. The molecule has 1 aromatic carbocycles. The second-order valence-corrected chi connectivity index (χ2v) is 5.02. The van der Waals surface area contributed by atoms with Crippen LogP contribution in [0.25, 0.3) is 0 Å². The number of nitrogens with one attached hydrogen (secondary N) is 1. The second-order valence-electron chi connectivity index (χ2n) is 5.02. The molecule has 1 aromatic rings. The molecule has 0 aliphatic carbocycles. The van der Waals surface area contributed by atoms with E-state index in [0.29, 0.717) is 11.1 Å². The zero-order chi connectivity index (χ0) is 15.1. The van der Waals surface area contributed by atoms with E-state index in [1.807, 2.05) is 20.8 Å². The molecule has 1 rings (SSSR count). The Morgan fingerprint density at radius 3 is 2.70 bits per heavy atom. The van der Waals surface area contributed by atoms with Gasteiger partial charge in [-0.15, -0.1) is 0 Å².